The molecular formula is C76H67Cl4F3N9O8PS2. The second kappa shape index (κ2) is 35.7. The Bertz CT molecular complexity index is 5160. The van der Waals surface area contributed by atoms with Gasteiger partial charge in [0.15, 0.2) is 0 Å². The van der Waals surface area contributed by atoms with Gasteiger partial charge in [0.05, 0.1) is 51.0 Å². The Morgan fingerprint density at radius 1 is 0.534 bits per heavy atom. The van der Waals surface area contributed by atoms with E-state index in [1.807, 2.05) is 75.2 Å². The molecule has 2 saturated heterocycles. The van der Waals surface area contributed by atoms with Gasteiger partial charge in [-0.25, -0.2) is 13.2 Å². The fraction of sp³-hybridized carbons (Fsp3) is 0.237. The largest absolute Gasteiger partial charge is 0.506 e. The summed E-state index contributed by atoms with van der Waals surface area (Å²) in [6.45, 7) is 5.32. The number of fused-ring (bicyclic) bond motifs is 3. The number of thiophene rings is 2. The lowest BCUT2D eigenvalue weighted by Gasteiger charge is -2.33. The first kappa shape index (κ1) is 76.3. The van der Waals surface area contributed by atoms with Crippen molar-refractivity contribution < 1.29 is 37.2 Å². The minimum atomic E-state index is -3.22. The number of piperidine rings is 1. The summed E-state index contributed by atoms with van der Waals surface area (Å²) in [6, 6.07) is 51.0. The Hall–Kier alpha value is -9.32. The van der Waals surface area contributed by atoms with Gasteiger partial charge in [-0.15, -0.1) is 22.7 Å². The number of aromatic nitrogens is 3. The lowest BCUT2D eigenvalue weighted by molar-refractivity contribution is 0.0715. The second-order valence-electron chi connectivity index (χ2n) is 24.3. The van der Waals surface area contributed by atoms with E-state index in [2.05, 4.69) is 50.4 Å². The fourth-order valence-electron chi connectivity index (χ4n) is 12.7. The first-order chi connectivity index (χ1) is 49.6. The van der Waals surface area contributed by atoms with Crippen LogP contribution in [0.25, 0.3) is 32.7 Å². The first-order valence-corrected chi connectivity index (χ1v) is 39.4. The van der Waals surface area contributed by atoms with E-state index < -0.39 is 22.2 Å². The zero-order valence-corrected chi connectivity index (χ0v) is 60.7. The Balaban J connectivity index is 0.000000150. The van der Waals surface area contributed by atoms with Crippen molar-refractivity contribution in [3.05, 3.63) is 283 Å². The summed E-state index contributed by atoms with van der Waals surface area (Å²) in [7, 11) is 0. The normalized spacial score (nSPS) is 13.9. The molecule has 3 aliphatic rings. The number of pyridine rings is 3. The number of aromatic hydroxyl groups is 1. The van der Waals surface area contributed by atoms with Crippen LogP contribution < -0.4 is 27.3 Å². The van der Waals surface area contributed by atoms with Crippen molar-refractivity contribution in [3.63, 3.8) is 0 Å². The molecule has 0 radical (unpaired) electrons. The second-order valence-corrected chi connectivity index (χ2v) is 33.2. The third kappa shape index (κ3) is 19.5. The molecule has 1 saturated carbocycles. The smallest absolute Gasteiger partial charge is 0.339 e. The van der Waals surface area contributed by atoms with Gasteiger partial charge >= 0.3 is 5.20 Å². The van der Waals surface area contributed by atoms with E-state index >= 15 is 0 Å². The molecule has 5 aromatic heterocycles. The zero-order valence-electron chi connectivity index (χ0n) is 55.1. The number of nitrogens with zero attached hydrogens (tertiary/aromatic N) is 7. The SMILES string of the molecule is N#Cc1c(C2CCN(C(=O)c3cccs3)CC2)c2ccccc2n(Cc2ccc(F)cc2)c1=O.N#Cc1c(Cl)c2ccccc2n(Cc2ccc(F)cc2)c1=O.O=C(NC1CCCCC1)c1c(O)c2ccccc2n(Cc2ccc(F)cc2)c1=O.O=C(c1cccs1)N1CCNCC1.O=P(Cl)(Cl)Cl. The van der Waals surface area contributed by atoms with E-state index in [4.69, 9.17) is 11.6 Å². The van der Waals surface area contributed by atoms with Crippen LogP contribution in [0.2, 0.25) is 5.02 Å². The molecule has 14 rings (SSSR count). The number of para-hydroxylation sites is 3. The highest BCUT2D eigenvalue weighted by atomic mass is 36.0. The molecule has 6 aromatic carbocycles. The van der Waals surface area contributed by atoms with Gasteiger partial charge in [0, 0.05) is 61.5 Å². The molecule has 27 heteroatoms. The average molecular weight is 1530 g/mol. The van der Waals surface area contributed by atoms with E-state index in [9.17, 15) is 62.1 Å². The standard InChI is InChI=1S/C27H22FN3O2S.C23H23FN2O3.C17H10ClFN2O.C9H12N2OS.Cl3OP/c28-20-9-7-18(8-10-20)17-31-23-5-2-1-4-21(23)25(22(16-29)26(31)32)19-11-13-30(14-12-19)27(33)24-6-3-15-34-24;24-16-12-10-15(11-13-16)14-26-19-9-5-4-8-18(19)21(27)20(23(26)29)22(28)25-17-6-2-1-3-7-17;18-16-13-3-1-2-4-15(13)21(17(22)14(16)9-20)10-11-5-7-12(19)8-6-11;12-9(8-2-1-7-13-8)11-5-3-10-4-6-11;1-5(2,3)4/h1-10,15,19H,11-14,17H2;4-5,8-13,17,27H,1-3,6-7,14H2,(H,25,28);1-8H,10H2;1-2,7,10H,3-6H2;. The molecule has 17 nitrogen and oxygen atoms in total. The summed E-state index contributed by atoms with van der Waals surface area (Å²) in [4.78, 5) is 82.0. The Morgan fingerprint density at radius 2 is 0.932 bits per heavy atom. The number of amides is 3. The third-order valence-electron chi connectivity index (χ3n) is 17.7. The zero-order chi connectivity index (χ0) is 73.3. The lowest BCUT2D eigenvalue weighted by atomic mass is 9.84. The van der Waals surface area contributed by atoms with E-state index in [1.165, 1.54) is 68.2 Å². The van der Waals surface area contributed by atoms with Crippen LogP contribution in [-0.4, -0.2) is 91.6 Å². The van der Waals surface area contributed by atoms with Gasteiger partial charge in [-0.05, 0) is 171 Å². The maximum absolute atomic E-state index is 13.5. The van der Waals surface area contributed by atoms with Gasteiger partial charge in [-0.1, -0.05) is 128 Å². The van der Waals surface area contributed by atoms with Gasteiger partial charge < -0.3 is 39.2 Å². The van der Waals surface area contributed by atoms with Crippen molar-refractivity contribution in [2.45, 2.75) is 76.5 Å². The van der Waals surface area contributed by atoms with Crippen LogP contribution in [0.4, 0.5) is 13.2 Å². The monoisotopic (exact) mass is 1530 g/mol. The van der Waals surface area contributed by atoms with Crippen LogP contribution in [0, 0.1) is 40.1 Å². The Labute approximate surface area is 617 Å². The molecule has 1 aliphatic carbocycles. The van der Waals surface area contributed by atoms with E-state index in [1.54, 1.807) is 89.5 Å². The molecule has 0 bridgehead atoms. The minimum absolute atomic E-state index is 0.0140. The number of halogens is 7. The maximum atomic E-state index is 13.5. The number of carbonyl (C=O) groups excluding carboxylic acids is 3. The molecule has 0 atom stereocenters. The quantitative estimate of drug-likeness (QED) is 0.103. The van der Waals surface area contributed by atoms with Gasteiger partial charge in [-0.2, -0.15) is 10.5 Å². The summed E-state index contributed by atoms with van der Waals surface area (Å²) in [5.74, 6) is -1.64. The molecule has 2 aliphatic heterocycles. The molecule has 0 spiro atoms. The van der Waals surface area contributed by atoms with Crippen molar-refractivity contribution in [3.8, 4) is 17.9 Å². The molecule has 0 unspecified atom stereocenters. The number of hydrogen-bond acceptors (Lipinski definition) is 13. The van der Waals surface area contributed by atoms with Crippen LogP contribution in [0.15, 0.2) is 195 Å². The highest BCUT2D eigenvalue weighted by molar-refractivity contribution is 8.24. The van der Waals surface area contributed by atoms with Gasteiger partial charge in [0.25, 0.3) is 34.4 Å². The van der Waals surface area contributed by atoms with Crippen LogP contribution in [0.5, 0.6) is 5.75 Å². The third-order valence-corrected chi connectivity index (χ3v) is 19.8. The van der Waals surface area contributed by atoms with Crippen molar-refractivity contribution in [1.82, 2.24) is 34.1 Å². The molecule has 530 valence electrons. The average Bonchev–Trinajstić information content (AvgIpc) is 1.04. The Morgan fingerprint density at radius 3 is 1.38 bits per heavy atom. The molecule has 7 heterocycles. The summed E-state index contributed by atoms with van der Waals surface area (Å²) in [6.07, 6.45) is 6.38. The van der Waals surface area contributed by atoms with Crippen LogP contribution >= 0.6 is 73.2 Å². The molecule has 3 fully saturated rings. The summed E-state index contributed by atoms with van der Waals surface area (Å²) >= 11 is 23.0. The van der Waals surface area contributed by atoms with E-state index in [-0.39, 0.29) is 93.9 Å². The van der Waals surface area contributed by atoms with Crippen molar-refractivity contribution in [1.29, 1.82) is 10.5 Å². The number of rotatable bonds is 11. The van der Waals surface area contributed by atoms with Crippen molar-refractivity contribution >= 4 is 124 Å². The summed E-state index contributed by atoms with van der Waals surface area (Å²) < 4.78 is 53.7. The highest BCUT2D eigenvalue weighted by Crippen LogP contribution is 2.61. The number of carbonyl (C=O) groups is 3. The number of likely N-dealkylation sites (tertiary alicyclic amines) is 1. The van der Waals surface area contributed by atoms with Crippen molar-refractivity contribution in [2.24, 2.45) is 0 Å². The number of benzene rings is 6. The van der Waals surface area contributed by atoms with Gasteiger partial charge in [0.2, 0.25) is 0 Å². The van der Waals surface area contributed by atoms with Crippen LogP contribution in [0.1, 0.15) is 114 Å². The maximum Gasteiger partial charge on any atom is 0.339 e. The van der Waals surface area contributed by atoms with Gasteiger partial charge in [0.1, 0.15) is 52.0 Å². The first-order valence-electron chi connectivity index (χ1n) is 32.8. The lowest BCUT2D eigenvalue weighted by Crippen LogP contribution is -2.46. The molecule has 3 amide bonds. The summed E-state index contributed by atoms with van der Waals surface area (Å²) in [5, 5.41) is 38.8. The number of hydrogen-bond donors (Lipinski definition) is 3. The molecule has 103 heavy (non-hydrogen) atoms. The number of nitrogens with one attached hydrogen (secondary N) is 2. The molecule has 3 N–H and O–H groups in total. The topological polar surface area (TPSA) is 233 Å². The van der Waals surface area contributed by atoms with Crippen LogP contribution in [-0.2, 0) is 24.2 Å². The number of piperazine rings is 1. The van der Waals surface area contributed by atoms with Crippen molar-refractivity contribution in [2.75, 3.05) is 39.3 Å². The van der Waals surface area contributed by atoms with E-state index in [0.29, 0.717) is 47.7 Å². The predicted molar refractivity (Wildman–Crippen MR) is 402 cm³/mol. The van der Waals surface area contributed by atoms with Gasteiger partial charge in [-0.3, -0.25) is 33.3 Å². The molecular weight excluding hydrogens is 1460 g/mol. The number of nitriles is 2. The minimum Gasteiger partial charge on any atom is -0.506 e. The summed E-state index contributed by atoms with van der Waals surface area (Å²) in [5.41, 5.74) is 3.46. The predicted octanol–water partition coefficient (Wildman–Crippen LogP) is 16.4. The van der Waals surface area contributed by atoms with E-state index in [0.717, 1.165) is 101 Å². The Kier molecular flexibility index (Phi) is 26.5. The fourth-order valence-corrected chi connectivity index (χ4v) is 14.3. The molecule has 11 aromatic rings. The highest BCUT2D eigenvalue weighted by Gasteiger charge is 2.31. The van der Waals surface area contributed by atoms with Crippen LogP contribution in [0.3, 0.4) is 0 Å².